The molecular formula is C18H22N2O. The summed E-state index contributed by atoms with van der Waals surface area (Å²) in [5.41, 5.74) is 3.81. The molecule has 0 aliphatic carbocycles. The van der Waals surface area contributed by atoms with E-state index in [0.717, 1.165) is 25.2 Å². The monoisotopic (exact) mass is 282 g/mol. The SMILES string of the molecule is CNC(CC1CCOc2ccccc21)c1cncc(C)c1. The van der Waals surface area contributed by atoms with Gasteiger partial charge in [-0.25, -0.2) is 0 Å². The van der Waals surface area contributed by atoms with Gasteiger partial charge in [-0.05, 0) is 55.5 Å². The minimum Gasteiger partial charge on any atom is -0.493 e. The number of rotatable bonds is 4. The lowest BCUT2D eigenvalue weighted by Crippen LogP contribution is -2.22. The topological polar surface area (TPSA) is 34.1 Å². The summed E-state index contributed by atoms with van der Waals surface area (Å²) in [6.07, 6.45) is 6.02. The lowest BCUT2D eigenvalue weighted by atomic mass is 9.85. The second-order valence-corrected chi connectivity index (χ2v) is 5.74. The molecule has 110 valence electrons. The zero-order valence-corrected chi connectivity index (χ0v) is 12.7. The first-order valence-electron chi connectivity index (χ1n) is 7.58. The molecule has 1 aliphatic rings. The molecule has 1 aliphatic heterocycles. The molecule has 3 nitrogen and oxygen atoms in total. The molecule has 0 saturated carbocycles. The molecule has 3 rings (SSSR count). The van der Waals surface area contributed by atoms with Crippen molar-refractivity contribution in [3.63, 3.8) is 0 Å². The number of aryl methyl sites for hydroxylation is 1. The first kappa shape index (κ1) is 14.1. The number of ether oxygens (including phenoxy) is 1. The van der Waals surface area contributed by atoms with Gasteiger partial charge in [-0.1, -0.05) is 24.3 Å². The van der Waals surface area contributed by atoms with Crippen molar-refractivity contribution in [2.24, 2.45) is 0 Å². The molecule has 0 fully saturated rings. The Morgan fingerprint density at radius 3 is 3.00 bits per heavy atom. The minimum absolute atomic E-state index is 0.327. The molecule has 2 heterocycles. The summed E-state index contributed by atoms with van der Waals surface area (Å²) < 4.78 is 5.76. The van der Waals surface area contributed by atoms with Crippen molar-refractivity contribution in [1.82, 2.24) is 10.3 Å². The molecule has 2 atom stereocenters. The summed E-state index contributed by atoms with van der Waals surface area (Å²) >= 11 is 0. The summed E-state index contributed by atoms with van der Waals surface area (Å²) in [6.45, 7) is 2.90. The van der Waals surface area contributed by atoms with Gasteiger partial charge in [0.2, 0.25) is 0 Å². The van der Waals surface area contributed by atoms with E-state index in [1.807, 2.05) is 25.5 Å². The molecular weight excluding hydrogens is 260 g/mol. The van der Waals surface area contributed by atoms with Gasteiger partial charge in [0.15, 0.2) is 0 Å². The van der Waals surface area contributed by atoms with E-state index in [1.54, 1.807) is 0 Å². The fourth-order valence-corrected chi connectivity index (χ4v) is 3.13. The average Bonchev–Trinajstić information content (AvgIpc) is 2.52. The highest BCUT2D eigenvalue weighted by molar-refractivity contribution is 5.38. The summed E-state index contributed by atoms with van der Waals surface area (Å²) in [6, 6.07) is 11.0. The van der Waals surface area contributed by atoms with Gasteiger partial charge in [0, 0.05) is 18.4 Å². The number of fused-ring (bicyclic) bond motifs is 1. The molecule has 0 saturated heterocycles. The Morgan fingerprint density at radius 1 is 1.33 bits per heavy atom. The van der Waals surface area contributed by atoms with Crippen LogP contribution in [0.1, 0.15) is 41.5 Å². The van der Waals surface area contributed by atoms with Crippen molar-refractivity contribution in [3.05, 3.63) is 59.4 Å². The van der Waals surface area contributed by atoms with E-state index in [-0.39, 0.29) is 0 Å². The van der Waals surface area contributed by atoms with Crippen molar-refractivity contribution in [2.45, 2.75) is 31.7 Å². The Morgan fingerprint density at radius 2 is 2.19 bits per heavy atom. The number of hydrogen-bond donors (Lipinski definition) is 1. The quantitative estimate of drug-likeness (QED) is 0.930. The number of hydrogen-bond acceptors (Lipinski definition) is 3. The largest absolute Gasteiger partial charge is 0.493 e. The van der Waals surface area contributed by atoms with Crippen molar-refractivity contribution >= 4 is 0 Å². The van der Waals surface area contributed by atoms with Crippen LogP contribution in [0.5, 0.6) is 5.75 Å². The first-order chi connectivity index (χ1) is 10.3. The normalized spacial score (nSPS) is 18.7. The maximum Gasteiger partial charge on any atom is 0.122 e. The van der Waals surface area contributed by atoms with Gasteiger partial charge in [-0.3, -0.25) is 4.98 Å². The molecule has 1 N–H and O–H groups in total. The van der Waals surface area contributed by atoms with Crippen molar-refractivity contribution in [1.29, 1.82) is 0 Å². The minimum atomic E-state index is 0.327. The second kappa shape index (κ2) is 6.27. The molecule has 0 amide bonds. The van der Waals surface area contributed by atoms with Crippen LogP contribution < -0.4 is 10.1 Å². The summed E-state index contributed by atoms with van der Waals surface area (Å²) in [5.74, 6) is 1.58. The van der Waals surface area contributed by atoms with Gasteiger partial charge in [-0.2, -0.15) is 0 Å². The molecule has 3 heteroatoms. The van der Waals surface area contributed by atoms with E-state index in [0.29, 0.717) is 12.0 Å². The van der Waals surface area contributed by atoms with E-state index in [2.05, 4.69) is 41.5 Å². The lowest BCUT2D eigenvalue weighted by Gasteiger charge is -2.29. The van der Waals surface area contributed by atoms with E-state index in [4.69, 9.17) is 4.74 Å². The van der Waals surface area contributed by atoms with Gasteiger partial charge < -0.3 is 10.1 Å². The van der Waals surface area contributed by atoms with Crippen LogP contribution in [0.2, 0.25) is 0 Å². The Hall–Kier alpha value is -1.87. The molecule has 1 aromatic carbocycles. The zero-order valence-electron chi connectivity index (χ0n) is 12.7. The number of nitrogens with zero attached hydrogens (tertiary/aromatic N) is 1. The first-order valence-corrected chi connectivity index (χ1v) is 7.58. The Labute approximate surface area is 126 Å². The number of pyridine rings is 1. The van der Waals surface area contributed by atoms with Gasteiger partial charge in [0.1, 0.15) is 5.75 Å². The zero-order chi connectivity index (χ0) is 14.7. The number of aromatic nitrogens is 1. The molecule has 2 aromatic rings. The van der Waals surface area contributed by atoms with Crippen LogP contribution in [0.4, 0.5) is 0 Å². The van der Waals surface area contributed by atoms with Crippen molar-refractivity contribution in [3.8, 4) is 5.75 Å². The number of nitrogens with one attached hydrogen (secondary N) is 1. The number of para-hydroxylation sites is 1. The fourth-order valence-electron chi connectivity index (χ4n) is 3.13. The molecule has 0 bridgehead atoms. The molecule has 21 heavy (non-hydrogen) atoms. The smallest absolute Gasteiger partial charge is 0.122 e. The highest BCUT2D eigenvalue weighted by atomic mass is 16.5. The predicted octanol–water partition coefficient (Wildman–Crippen LogP) is 3.61. The van der Waals surface area contributed by atoms with Gasteiger partial charge in [0.05, 0.1) is 6.61 Å². The second-order valence-electron chi connectivity index (χ2n) is 5.74. The fraction of sp³-hybridized carbons (Fsp3) is 0.389. The van der Waals surface area contributed by atoms with Crippen LogP contribution in [0, 0.1) is 6.92 Å². The standard InChI is InChI=1S/C18H22N2O/c1-13-9-15(12-20-11-13)17(19-2)10-14-7-8-21-18-6-4-3-5-16(14)18/h3-6,9,11-12,14,17,19H,7-8,10H2,1-2H3. The third kappa shape index (κ3) is 3.08. The summed E-state index contributed by atoms with van der Waals surface area (Å²) in [4.78, 5) is 4.33. The van der Waals surface area contributed by atoms with Crippen LogP contribution in [0.15, 0.2) is 42.7 Å². The van der Waals surface area contributed by atoms with Gasteiger partial charge in [-0.15, -0.1) is 0 Å². The molecule has 1 aromatic heterocycles. The highest BCUT2D eigenvalue weighted by Gasteiger charge is 2.24. The number of benzene rings is 1. The molecule has 0 radical (unpaired) electrons. The third-order valence-electron chi connectivity index (χ3n) is 4.25. The predicted molar refractivity (Wildman–Crippen MR) is 84.7 cm³/mol. The van der Waals surface area contributed by atoms with Crippen LogP contribution in [0.3, 0.4) is 0 Å². The Balaban J connectivity index is 1.82. The van der Waals surface area contributed by atoms with Crippen LogP contribution in [0.25, 0.3) is 0 Å². The van der Waals surface area contributed by atoms with E-state index >= 15 is 0 Å². The van der Waals surface area contributed by atoms with Crippen LogP contribution in [-0.2, 0) is 0 Å². The highest BCUT2D eigenvalue weighted by Crippen LogP contribution is 2.38. The lowest BCUT2D eigenvalue weighted by molar-refractivity contribution is 0.256. The molecule has 0 spiro atoms. The van der Waals surface area contributed by atoms with E-state index in [9.17, 15) is 0 Å². The van der Waals surface area contributed by atoms with Gasteiger partial charge >= 0.3 is 0 Å². The van der Waals surface area contributed by atoms with E-state index < -0.39 is 0 Å². The Kier molecular flexibility index (Phi) is 4.20. The maximum atomic E-state index is 5.76. The van der Waals surface area contributed by atoms with E-state index in [1.165, 1.54) is 16.7 Å². The van der Waals surface area contributed by atoms with Gasteiger partial charge in [0.25, 0.3) is 0 Å². The Bertz CT molecular complexity index is 612. The van der Waals surface area contributed by atoms with Crippen LogP contribution >= 0.6 is 0 Å². The molecule has 2 unspecified atom stereocenters. The maximum absolute atomic E-state index is 5.76. The average molecular weight is 282 g/mol. The van der Waals surface area contributed by atoms with Crippen molar-refractivity contribution < 1.29 is 4.74 Å². The van der Waals surface area contributed by atoms with Crippen LogP contribution in [-0.4, -0.2) is 18.6 Å². The van der Waals surface area contributed by atoms with Crippen molar-refractivity contribution in [2.75, 3.05) is 13.7 Å². The summed E-state index contributed by atoms with van der Waals surface area (Å²) in [5, 5.41) is 3.44. The third-order valence-corrected chi connectivity index (χ3v) is 4.25. The summed E-state index contributed by atoms with van der Waals surface area (Å²) in [7, 11) is 2.03.